The summed E-state index contributed by atoms with van der Waals surface area (Å²) < 4.78 is 0. The maximum absolute atomic E-state index is 4.28. The van der Waals surface area contributed by atoms with E-state index in [4.69, 9.17) is 0 Å². The van der Waals surface area contributed by atoms with E-state index in [0.29, 0.717) is 11.8 Å². The average molecular weight is 404 g/mol. The summed E-state index contributed by atoms with van der Waals surface area (Å²) in [4.78, 5) is 12.8. The van der Waals surface area contributed by atoms with Gasteiger partial charge >= 0.3 is 0 Å². The lowest BCUT2D eigenvalue weighted by molar-refractivity contribution is 0.868. The third-order valence-corrected chi connectivity index (χ3v) is 4.45. The summed E-state index contributed by atoms with van der Waals surface area (Å²) in [5.41, 5.74) is 5.71. The second kappa shape index (κ2) is 13.4. The van der Waals surface area contributed by atoms with Gasteiger partial charge in [-0.1, -0.05) is 73.6 Å². The number of hydrogen-bond acceptors (Lipinski definition) is 3. The molecular formula is C27H37N3. The van der Waals surface area contributed by atoms with Crippen LogP contribution in [0.25, 0.3) is 21.9 Å². The van der Waals surface area contributed by atoms with E-state index in [2.05, 4.69) is 79.0 Å². The molecule has 0 N–H and O–H groups in total. The molecule has 160 valence electrons. The van der Waals surface area contributed by atoms with Crippen LogP contribution in [0, 0.1) is 0 Å². The Labute approximate surface area is 182 Å². The standard InChI is InChI=1S/C12H13N.C11H12N2.2C2H6/c1-9(2)10-5-6-12-11(8-10)4-3-7-13-12;1-8(2)9-3-4-10-11(7-9)13-6-5-12-10;2*1-2/h3-9H,1-2H3;3-8H,1-2H3;2*1-2H3. The summed E-state index contributed by atoms with van der Waals surface area (Å²) in [7, 11) is 0. The van der Waals surface area contributed by atoms with Gasteiger partial charge in [-0.25, -0.2) is 0 Å². The van der Waals surface area contributed by atoms with Gasteiger partial charge in [0.05, 0.1) is 16.6 Å². The second-order valence-corrected chi connectivity index (χ2v) is 7.07. The lowest BCUT2D eigenvalue weighted by atomic mass is 10.0. The van der Waals surface area contributed by atoms with E-state index in [1.54, 1.807) is 12.4 Å². The molecular weight excluding hydrogens is 366 g/mol. The van der Waals surface area contributed by atoms with Crippen molar-refractivity contribution < 1.29 is 0 Å². The van der Waals surface area contributed by atoms with Gasteiger partial charge in [-0.15, -0.1) is 0 Å². The molecule has 0 saturated carbocycles. The van der Waals surface area contributed by atoms with Crippen LogP contribution in [-0.2, 0) is 0 Å². The Morgan fingerprint density at radius 1 is 0.533 bits per heavy atom. The average Bonchev–Trinajstić information content (AvgIpc) is 2.81. The third kappa shape index (κ3) is 7.22. The van der Waals surface area contributed by atoms with Crippen LogP contribution in [0.1, 0.15) is 78.4 Å². The number of hydrogen-bond donors (Lipinski definition) is 0. The van der Waals surface area contributed by atoms with Gasteiger partial charge in [-0.05, 0) is 53.3 Å². The fraction of sp³-hybridized carbons (Fsp3) is 0.370. The van der Waals surface area contributed by atoms with E-state index in [1.807, 2.05) is 46.0 Å². The van der Waals surface area contributed by atoms with Crippen LogP contribution in [0.4, 0.5) is 0 Å². The Morgan fingerprint density at radius 3 is 1.63 bits per heavy atom. The van der Waals surface area contributed by atoms with Crippen molar-refractivity contribution in [3.8, 4) is 0 Å². The van der Waals surface area contributed by atoms with Gasteiger partial charge in [0.1, 0.15) is 0 Å². The molecule has 2 heterocycles. The Hall–Kier alpha value is -2.81. The summed E-state index contributed by atoms with van der Waals surface area (Å²) >= 11 is 0. The minimum absolute atomic E-state index is 0.548. The smallest absolute Gasteiger partial charge is 0.0889 e. The first-order valence-corrected chi connectivity index (χ1v) is 11.1. The lowest BCUT2D eigenvalue weighted by Gasteiger charge is -2.05. The van der Waals surface area contributed by atoms with Gasteiger partial charge in [-0.2, -0.15) is 0 Å². The van der Waals surface area contributed by atoms with Crippen LogP contribution in [0.15, 0.2) is 67.1 Å². The van der Waals surface area contributed by atoms with Crippen molar-refractivity contribution in [1.82, 2.24) is 15.0 Å². The molecule has 2 aromatic heterocycles. The molecule has 3 nitrogen and oxygen atoms in total. The van der Waals surface area contributed by atoms with E-state index in [-0.39, 0.29) is 0 Å². The first-order chi connectivity index (χ1) is 14.5. The molecule has 0 atom stereocenters. The summed E-state index contributed by atoms with van der Waals surface area (Å²) in [5.74, 6) is 1.14. The van der Waals surface area contributed by atoms with Crippen molar-refractivity contribution in [2.24, 2.45) is 0 Å². The monoisotopic (exact) mass is 403 g/mol. The molecule has 4 rings (SSSR count). The van der Waals surface area contributed by atoms with Gasteiger partial charge in [0.15, 0.2) is 0 Å². The second-order valence-electron chi connectivity index (χ2n) is 7.07. The summed E-state index contributed by atoms with van der Waals surface area (Å²) in [6.45, 7) is 16.8. The zero-order valence-corrected chi connectivity index (χ0v) is 19.8. The van der Waals surface area contributed by atoms with Gasteiger partial charge in [-0.3, -0.25) is 15.0 Å². The van der Waals surface area contributed by atoms with Crippen LogP contribution in [0.3, 0.4) is 0 Å². The van der Waals surface area contributed by atoms with Crippen LogP contribution in [0.2, 0.25) is 0 Å². The van der Waals surface area contributed by atoms with Crippen molar-refractivity contribution in [3.05, 3.63) is 78.2 Å². The van der Waals surface area contributed by atoms with E-state index < -0.39 is 0 Å². The van der Waals surface area contributed by atoms with E-state index in [0.717, 1.165) is 16.6 Å². The van der Waals surface area contributed by atoms with E-state index >= 15 is 0 Å². The fourth-order valence-corrected chi connectivity index (χ4v) is 2.79. The number of aromatic nitrogens is 3. The zero-order chi connectivity index (χ0) is 22.5. The minimum Gasteiger partial charge on any atom is -0.256 e. The van der Waals surface area contributed by atoms with Gasteiger partial charge in [0, 0.05) is 24.0 Å². The summed E-state index contributed by atoms with van der Waals surface area (Å²) in [5, 5.41) is 1.23. The quantitative estimate of drug-likeness (QED) is 0.339. The number of rotatable bonds is 2. The first kappa shape index (κ1) is 25.2. The molecule has 4 aromatic rings. The van der Waals surface area contributed by atoms with Crippen LogP contribution < -0.4 is 0 Å². The Balaban J connectivity index is 0.000000258. The number of nitrogens with zero attached hydrogens (tertiary/aromatic N) is 3. The highest BCUT2D eigenvalue weighted by Gasteiger charge is 2.01. The third-order valence-electron chi connectivity index (χ3n) is 4.45. The molecule has 3 heteroatoms. The van der Waals surface area contributed by atoms with Crippen LogP contribution >= 0.6 is 0 Å². The first-order valence-electron chi connectivity index (χ1n) is 11.1. The van der Waals surface area contributed by atoms with E-state index in [1.165, 1.54) is 16.5 Å². The Morgan fingerprint density at radius 2 is 1.03 bits per heavy atom. The van der Waals surface area contributed by atoms with Gasteiger partial charge < -0.3 is 0 Å². The topological polar surface area (TPSA) is 38.7 Å². The molecule has 0 amide bonds. The van der Waals surface area contributed by atoms with Crippen LogP contribution in [-0.4, -0.2) is 15.0 Å². The molecule has 0 saturated heterocycles. The molecule has 0 aliphatic heterocycles. The van der Waals surface area contributed by atoms with Crippen molar-refractivity contribution in [2.75, 3.05) is 0 Å². The highest BCUT2D eigenvalue weighted by Crippen LogP contribution is 2.19. The predicted octanol–water partition coefficient (Wildman–Crippen LogP) is 8.16. The number of pyridine rings is 1. The molecule has 0 aliphatic carbocycles. The molecule has 0 bridgehead atoms. The molecule has 0 unspecified atom stereocenters. The molecule has 0 radical (unpaired) electrons. The van der Waals surface area contributed by atoms with Gasteiger partial charge in [0.2, 0.25) is 0 Å². The van der Waals surface area contributed by atoms with Crippen molar-refractivity contribution in [2.45, 2.75) is 67.2 Å². The highest BCUT2D eigenvalue weighted by molar-refractivity contribution is 5.79. The fourth-order valence-electron chi connectivity index (χ4n) is 2.79. The van der Waals surface area contributed by atoms with Crippen molar-refractivity contribution in [3.63, 3.8) is 0 Å². The Bertz CT molecular complexity index is 923. The summed E-state index contributed by atoms with van der Waals surface area (Å²) in [6, 6.07) is 16.8. The van der Waals surface area contributed by atoms with Gasteiger partial charge in [0.25, 0.3) is 0 Å². The zero-order valence-electron chi connectivity index (χ0n) is 19.8. The van der Waals surface area contributed by atoms with Crippen LogP contribution in [0.5, 0.6) is 0 Å². The minimum atomic E-state index is 0.548. The van der Waals surface area contributed by atoms with E-state index in [9.17, 15) is 0 Å². The number of fused-ring (bicyclic) bond motifs is 2. The molecule has 2 aromatic carbocycles. The largest absolute Gasteiger partial charge is 0.256 e. The van der Waals surface area contributed by atoms with Crippen molar-refractivity contribution in [1.29, 1.82) is 0 Å². The normalized spacial score (nSPS) is 9.93. The highest BCUT2D eigenvalue weighted by atomic mass is 14.8. The maximum Gasteiger partial charge on any atom is 0.0889 e. The SMILES string of the molecule is CC.CC.CC(C)c1ccc2ncccc2c1.CC(C)c1ccc2nccnc2c1. The Kier molecular flexibility index (Phi) is 11.3. The molecule has 0 aliphatic rings. The number of benzene rings is 2. The predicted molar refractivity (Wildman–Crippen MR) is 132 cm³/mol. The maximum atomic E-state index is 4.28. The molecule has 0 spiro atoms. The lowest BCUT2D eigenvalue weighted by Crippen LogP contribution is -1.89. The molecule has 30 heavy (non-hydrogen) atoms. The summed E-state index contributed by atoms with van der Waals surface area (Å²) in [6.07, 6.45) is 5.28. The molecule has 0 fully saturated rings. The van der Waals surface area contributed by atoms with Crippen molar-refractivity contribution >= 4 is 21.9 Å².